The highest BCUT2D eigenvalue weighted by molar-refractivity contribution is 9.10. The van der Waals surface area contributed by atoms with Crippen LogP contribution < -0.4 is 5.32 Å². The van der Waals surface area contributed by atoms with Crippen molar-refractivity contribution in [2.45, 2.75) is 6.54 Å². The van der Waals surface area contributed by atoms with Crippen LogP contribution in [0, 0.1) is 0 Å². The number of carbonyl (C=O) groups is 1. The molecule has 1 amide bonds. The number of benzene rings is 1. The maximum Gasteiger partial charge on any atom is 0.244 e. The zero-order valence-electron chi connectivity index (χ0n) is 8.73. The molecule has 1 aromatic carbocycles. The summed E-state index contributed by atoms with van der Waals surface area (Å²) in [5.74, 6) is -0.150. The summed E-state index contributed by atoms with van der Waals surface area (Å²) in [6.07, 6.45) is 3.21. The molecule has 0 bridgehead atoms. The first-order valence-electron chi connectivity index (χ1n) is 4.87. The van der Waals surface area contributed by atoms with Gasteiger partial charge in [-0.25, -0.2) is 4.98 Å². The Bertz CT molecular complexity index is 541. The molecule has 2 rings (SSSR count). The topological polar surface area (TPSA) is 46.9 Å². The van der Waals surface area contributed by atoms with Crippen LogP contribution in [0.3, 0.4) is 0 Å². The van der Waals surface area contributed by atoms with Gasteiger partial charge in [-0.2, -0.15) is 0 Å². The van der Waals surface area contributed by atoms with E-state index in [-0.39, 0.29) is 12.5 Å². The molecule has 17 heavy (non-hydrogen) atoms. The number of aromatic nitrogens is 2. The van der Waals surface area contributed by atoms with Crippen LogP contribution in [-0.2, 0) is 11.3 Å². The standard InChI is InChI=1S/C11H9BrClN3O/c12-8-2-1-3-9(6-8)15-10(17)7-16-5-4-14-11(16)13/h1-6H,7H2,(H,15,17). The smallest absolute Gasteiger partial charge is 0.244 e. The number of nitrogens with zero attached hydrogens (tertiary/aromatic N) is 2. The molecule has 0 aliphatic carbocycles. The number of imidazole rings is 1. The fourth-order valence-electron chi connectivity index (χ4n) is 1.35. The molecule has 4 nitrogen and oxygen atoms in total. The van der Waals surface area contributed by atoms with Gasteiger partial charge in [0.15, 0.2) is 0 Å². The largest absolute Gasteiger partial charge is 0.324 e. The van der Waals surface area contributed by atoms with Crippen molar-refractivity contribution in [3.63, 3.8) is 0 Å². The summed E-state index contributed by atoms with van der Waals surface area (Å²) in [6, 6.07) is 7.39. The third kappa shape index (κ3) is 3.31. The molecule has 1 heterocycles. The van der Waals surface area contributed by atoms with Gasteiger partial charge in [0, 0.05) is 22.6 Å². The van der Waals surface area contributed by atoms with E-state index in [1.54, 1.807) is 17.0 Å². The monoisotopic (exact) mass is 313 g/mol. The van der Waals surface area contributed by atoms with E-state index in [2.05, 4.69) is 26.2 Å². The number of hydrogen-bond acceptors (Lipinski definition) is 2. The SMILES string of the molecule is O=C(Cn1ccnc1Cl)Nc1cccc(Br)c1. The fraction of sp³-hybridized carbons (Fsp3) is 0.0909. The molecule has 0 fully saturated rings. The van der Waals surface area contributed by atoms with Gasteiger partial charge in [0.05, 0.1) is 0 Å². The van der Waals surface area contributed by atoms with Crippen LogP contribution in [0.5, 0.6) is 0 Å². The van der Waals surface area contributed by atoms with Crippen LogP contribution in [0.1, 0.15) is 0 Å². The van der Waals surface area contributed by atoms with Gasteiger partial charge in [0.25, 0.3) is 0 Å². The second-order valence-corrected chi connectivity index (χ2v) is 4.64. The van der Waals surface area contributed by atoms with Crippen molar-refractivity contribution in [2.75, 3.05) is 5.32 Å². The number of halogens is 2. The van der Waals surface area contributed by atoms with Crippen LogP contribution in [0.2, 0.25) is 5.28 Å². The van der Waals surface area contributed by atoms with E-state index >= 15 is 0 Å². The second kappa shape index (κ2) is 5.33. The van der Waals surface area contributed by atoms with Crippen LogP contribution in [0.4, 0.5) is 5.69 Å². The van der Waals surface area contributed by atoms with Crippen molar-refractivity contribution in [3.05, 3.63) is 46.4 Å². The Morgan fingerprint density at radius 3 is 3.00 bits per heavy atom. The first-order valence-corrected chi connectivity index (χ1v) is 6.04. The van der Waals surface area contributed by atoms with Crippen LogP contribution in [0.15, 0.2) is 41.1 Å². The lowest BCUT2D eigenvalue weighted by Crippen LogP contribution is -2.18. The summed E-state index contributed by atoms with van der Waals surface area (Å²) in [6.45, 7) is 0.144. The van der Waals surface area contributed by atoms with E-state index in [9.17, 15) is 4.79 Å². The van der Waals surface area contributed by atoms with Crippen molar-refractivity contribution in [1.29, 1.82) is 0 Å². The molecule has 0 saturated heterocycles. The summed E-state index contributed by atoms with van der Waals surface area (Å²) in [7, 11) is 0. The number of rotatable bonds is 3. The van der Waals surface area contributed by atoms with Gasteiger partial charge in [0.2, 0.25) is 11.2 Å². The van der Waals surface area contributed by atoms with Gasteiger partial charge in [-0.15, -0.1) is 0 Å². The third-order valence-corrected chi connectivity index (χ3v) is 2.89. The van der Waals surface area contributed by atoms with Crippen molar-refractivity contribution in [1.82, 2.24) is 9.55 Å². The Balaban J connectivity index is 2.01. The van der Waals surface area contributed by atoms with Gasteiger partial charge in [-0.3, -0.25) is 4.79 Å². The fourth-order valence-corrected chi connectivity index (χ4v) is 1.92. The van der Waals surface area contributed by atoms with E-state index < -0.39 is 0 Å². The minimum Gasteiger partial charge on any atom is -0.324 e. The Hall–Kier alpha value is -1.33. The Labute approximate surface area is 112 Å². The molecule has 1 N–H and O–H groups in total. The lowest BCUT2D eigenvalue weighted by atomic mass is 10.3. The predicted octanol–water partition coefficient (Wildman–Crippen LogP) is 2.94. The molecule has 0 radical (unpaired) electrons. The Morgan fingerprint density at radius 1 is 1.53 bits per heavy atom. The number of carbonyl (C=O) groups excluding carboxylic acids is 1. The first-order chi connectivity index (χ1) is 8.15. The van der Waals surface area contributed by atoms with Crippen LogP contribution in [0.25, 0.3) is 0 Å². The molecule has 0 spiro atoms. The lowest BCUT2D eigenvalue weighted by molar-refractivity contribution is -0.116. The zero-order valence-corrected chi connectivity index (χ0v) is 11.1. The lowest BCUT2D eigenvalue weighted by Gasteiger charge is -2.06. The Kier molecular flexibility index (Phi) is 3.81. The zero-order chi connectivity index (χ0) is 12.3. The van der Waals surface area contributed by atoms with Crippen molar-refractivity contribution in [2.24, 2.45) is 0 Å². The molecule has 0 unspecified atom stereocenters. The van der Waals surface area contributed by atoms with Crippen LogP contribution >= 0.6 is 27.5 Å². The normalized spacial score (nSPS) is 10.2. The molecule has 0 aliphatic rings. The molecule has 0 aliphatic heterocycles. The summed E-state index contributed by atoms with van der Waals surface area (Å²) in [5, 5.41) is 3.07. The highest BCUT2D eigenvalue weighted by Crippen LogP contribution is 2.15. The first kappa shape index (κ1) is 12.1. The maximum absolute atomic E-state index is 11.7. The summed E-state index contributed by atoms with van der Waals surface area (Å²) in [5.41, 5.74) is 0.737. The molecular weight excluding hydrogens is 305 g/mol. The van der Waals surface area contributed by atoms with Gasteiger partial charge < -0.3 is 9.88 Å². The van der Waals surface area contributed by atoms with Gasteiger partial charge in [-0.05, 0) is 29.8 Å². The van der Waals surface area contributed by atoms with Gasteiger partial charge >= 0.3 is 0 Å². The molecule has 0 saturated carbocycles. The van der Waals surface area contributed by atoms with E-state index in [0.29, 0.717) is 5.28 Å². The summed E-state index contributed by atoms with van der Waals surface area (Å²) in [4.78, 5) is 15.5. The van der Waals surface area contributed by atoms with E-state index in [1.807, 2.05) is 24.3 Å². The summed E-state index contributed by atoms with van der Waals surface area (Å²) < 4.78 is 2.48. The van der Waals surface area contributed by atoms with E-state index in [1.165, 1.54) is 0 Å². The highest BCUT2D eigenvalue weighted by atomic mass is 79.9. The quantitative estimate of drug-likeness (QED) is 0.947. The molecule has 0 atom stereocenters. The molecular formula is C11H9BrClN3O. The average Bonchev–Trinajstić information content (AvgIpc) is 2.64. The Morgan fingerprint density at radius 2 is 2.35 bits per heavy atom. The molecule has 6 heteroatoms. The number of anilines is 1. The van der Waals surface area contributed by atoms with E-state index in [4.69, 9.17) is 11.6 Å². The molecule has 88 valence electrons. The number of nitrogens with one attached hydrogen (secondary N) is 1. The highest BCUT2D eigenvalue weighted by Gasteiger charge is 2.06. The van der Waals surface area contributed by atoms with Gasteiger partial charge in [0.1, 0.15) is 6.54 Å². The number of amides is 1. The van der Waals surface area contributed by atoms with Crippen molar-refractivity contribution >= 4 is 39.1 Å². The maximum atomic E-state index is 11.7. The number of hydrogen-bond donors (Lipinski definition) is 1. The predicted molar refractivity (Wildman–Crippen MR) is 70.0 cm³/mol. The average molecular weight is 315 g/mol. The van der Waals surface area contributed by atoms with E-state index in [0.717, 1.165) is 10.2 Å². The van der Waals surface area contributed by atoms with Crippen molar-refractivity contribution in [3.8, 4) is 0 Å². The second-order valence-electron chi connectivity index (χ2n) is 3.38. The minimum absolute atomic E-state index is 0.144. The van der Waals surface area contributed by atoms with Crippen molar-refractivity contribution < 1.29 is 4.79 Å². The summed E-state index contributed by atoms with van der Waals surface area (Å²) >= 11 is 9.11. The molecule has 1 aromatic heterocycles. The minimum atomic E-state index is -0.150. The molecule has 2 aromatic rings. The third-order valence-electron chi connectivity index (χ3n) is 2.09. The van der Waals surface area contributed by atoms with Crippen LogP contribution in [-0.4, -0.2) is 15.5 Å². The van der Waals surface area contributed by atoms with Gasteiger partial charge in [-0.1, -0.05) is 22.0 Å².